The van der Waals surface area contributed by atoms with E-state index in [1.54, 1.807) is 20.8 Å². The minimum Gasteiger partial charge on any atom is -0.480 e. The van der Waals surface area contributed by atoms with E-state index in [9.17, 15) is 14.7 Å². The number of aliphatic carboxylic acids is 1. The van der Waals surface area contributed by atoms with Gasteiger partial charge in [0.15, 0.2) is 0 Å². The Balaban J connectivity index is 2.17. The van der Waals surface area contributed by atoms with Crippen molar-refractivity contribution < 1.29 is 19.4 Å². The molecule has 1 heterocycles. The third-order valence-electron chi connectivity index (χ3n) is 4.84. The summed E-state index contributed by atoms with van der Waals surface area (Å²) in [4.78, 5) is 26.1. The van der Waals surface area contributed by atoms with E-state index < -0.39 is 23.7 Å². The molecule has 6 heteroatoms. The zero-order valence-electron chi connectivity index (χ0n) is 17.7. The van der Waals surface area contributed by atoms with Crippen LogP contribution in [-0.4, -0.2) is 41.9 Å². The Hall–Kier alpha value is -2.24. The van der Waals surface area contributed by atoms with Crippen LogP contribution in [0.5, 0.6) is 0 Å². The number of carboxylic acids is 1. The van der Waals surface area contributed by atoms with E-state index in [2.05, 4.69) is 36.2 Å². The Labute approximate surface area is 168 Å². The smallest absolute Gasteiger partial charge is 0.408 e. The molecule has 0 saturated carbocycles. The molecule has 1 atom stereocenters. The van der Waals surface area contributed by atoms with E-state index in [1.165, 1.54) is 30.5 Å². The van der Waals surface area contributed by atoms with Crippen molar-refractivity contribution in [1.29, 1.82) is 0 Å². The van der Waals surface area contributed by atoms with Gasteiger partial charge in [-0.3, -0.25) is 0 Å². The average Bonchev–Trinajstić information content (AvgIpc) is 2.60. The van der Waals surface area contributed by atoms with Crippen molar-refractivity contribution in [2.75, 3.05) is 18.0 Å². The zero-order valence-corrected chi connectivity index (χ0v) is 17.7. The number of anilines is 1. The Bertz CT molecular complexity index is 688. The van der Waals surface area contributed by atoms with Gasteiger partial charge in [-0.1, -0.05) is 26.0 Å². The average molecular weight is 391 g/mol. The standard InChI is InChI=1S/C22H34N2O4/c1-15(2)17-13-16(9-10-19(17)24-11-7-6-8-12-24)14-18(20(25)26)23-21(27)28-22(3,4)5/h9-10,13,15,18H,6-8,11-12,14H2,1-5H3,(H,23,27)(H,25,26). The maximum absolute atomic E-state index is 12.0. The molecule has 0 radical (unpaired) electrons. The van der Waals surface area contributed by atoms with Crippen molar-refractivity contribution in [3.05, 3.63) is 29.3 Å². The number of ether oxygens (including phenoxy) is 1. The van der Waals surface area contributed by atoms with Gasteiger partial charge in [-0.2, -0.15) is 0 Å². The van der Waals surface area contributed by atoms with Crippen molar-refractivity contribution in [3.63, 3.8) is 0 Å². The monoisotopic (exact) mass is 390 g/mol. The minimum absolute atomic E-state index is 0.217. The maximum Gasteiger partial charge on any atom is 0.408 e. The molecular weight excluding hydrogens is 356 g/mol. The van der Waals surface area contributed by atoms with Crippen molar-refractivity contribution in [1.82, 2.24) is 5.32 Å². The lowest BCUT2D eigenvalue weighted by molar-refractivity contribution is -0.139. The summed E-state index contributed by atoms with van der Waals surface area (Å²) < 4.78 is 5.20. The molecule has 156 valence electrons. The predicted molar refractivity (Wildman–Crippen MR) is 111 cm³/mol. The largest absolute Gasteiger partial charge is 0.480 e. The molecule has 0 aromatic heterocycles. The second-order valence-electron chi connectivity index (χ2n) is 8.84. The minimum atomic E-state index is -1.07. The van der Waals surface area contributed by atoms with Crippen LogP contribution >= 0.6 is 0 Å². The lowest BCUT2D eigenvalue weighted by Crippen LogP contribution is -2.44. The van der Waals surface area contributed by atoms with Crippen LogP contribution in [0.1, 0.15) is 70.9 Å². The highest BCUT2D eigenvalue weighted by atomic mass is 16.6. The number of carbonyl (C=O) groups excluding carboxylic acids is 1. The second kappa shape index (κ2) is 9.30. The van der Waals surface area contributed by atoms with Crippen LogP contribution in [0.15, 0.2) is 18.2 Å². The van der Waals surface area contributed by atoms with Gasteiger partial charge < -0.3 is 20.1 Å². The Morgan fingerprint density at radius 1 is 1.18 bits per heavy atom. The van der Waals surface area contributed by atoms with E-state index in [4.69, 9.17) is 4.74 Å². The molecule has 2 rings (SSSR count). The maximum atomic E-state index is 12.0. The summed E-state index contributed by atoms with van der Waals surface area (Å²) >= 11 is 0. The van der Waals surface area contributed by atoms with Crippen molar-refractivity contribution in [2.45, 2.75) is 77.9 Å². The molecule has 1 aliphatic rings. The number of amides is 1. The van der Waals surface area contributed by atoms with Crippen molar-refractivity contribution in [3.8, 4) is 0 Å². The van der Waals surface area contributed by atoms with Gasteiger partial charge in [0.25, 0.3) is 0 Å². The summed E-state index contributed by atoms with van der Waals surface area (Å²) in [6.45, 7) is 11.7. The first-order valence-electron chi connectivity index (χ1n) is 10.2. The fourth-order valence-corrected chi connectivity index (χ4v) is 3.50. The van der Waals surface area contributed by atoms with E-state index >= 15 is 0 Å². The molecule has 1 fully saturated rings. The summed E-state index contributed by atoms with van der Waals surface area (Å²) in [6, 6.07) is 5.13. The van der Waals surface area contributed by atoms with Crippen molar-refractivity contribution >= 4 is 17.7 Å². The summed E-state index contributed by atoms with van der Waals surface area (Å²) in [5, 5.41) is 12.0. The van der Waals surface area contributed by atoms with Crippen LogP contribution in [0, 0.1) is 0 Å². The summed E-state index contributed by atoms with van der Waals surface area (Å²) in [6.07, 6.45) is 3.20. The molecule has 1 saturated heterocycles. The number of nitrogens with one attached hydrogen (secondary N) is 1. The molecule has 1 aromatic rings. The second-order valence-corrected chi connectivity index (χ2v) is 8.84. The van der Waals surface area contributed by atoms with Gasteiger partial charge in [0.1, 0.15) is 11.6 Å². The first kappa shape index (κ1) is 22.1. The number of rotatable bonds is 6. The number of carbonyl (C=O) groups is 2. The van der Waals surface area contributed by atoms with Gasteiger partial charge in [0.05, 0.1) is 0 Å². The third kappa shape index (κ3) is 6.43. The first-order valence-corrected chi connectivity index (χ1v) is 10.2. The van der Waals surface area contributed by atoms with E-state index in [1.807, 2.05) is 6.07 Å². The summed E-state index contributed by atoms with van der Waals surface area (Å²) in [5.41, 5.74) is 2.69. The number of nitrogens with zero attached hydrogens (tertiary/aromatic N) is 1. The summed E-state index contributed by atoms with van der Waals surface area (Å²) in [5.74, 6) is -0.740. The Kier molecular flexibility index (Phi) is 7.33. The molecule has 0 bridgehead atoms. The van der Waals surface area contributed by atoms with Gasteiger partial charge in [0.2, 0.25) is 0 Å². The number of carboxylic acid groups (broad SMARTS) is 1. The third-order valence-corrected chi connectivity index (χ3v) is 4.84. The molecule has 2 N–H and O–H groups in total. The van der Waals surface area contributed by atoms with Crippen LogP contribution in [0.4, 0.5) is 10.5 Å². The van der Waals surface area contributed by atoms with Gasteiger partial charge in [-0.15, -0.1) is 0 Å². The fraction of sp³-hybridized carbons (Fsp3) is 0.636. The van der Waals surface area contributed by atoms with Gasteiger partial charge >= 0.3 is 12.1 Å². The molecular formula is C22H34N2O4. The molecule has 6 nitrogen and oxygen atoms in total. The number of hydrogen-bond acceptors (Lipinski definition) is 4. The molecule has 0 aliphatic carbocycles. The molecule has 0 spiro atoms. The van der Waals surface area contributed by atoms with Crippen LogP contribution in [-0.2, 0) is 16.0 Å². The van der Waals surface area contributed by atoms with E-state index in [0.717, 1.165) is 18.7 Å². The normalized spacial score (nSPS) is 16.0. The predicted octanol–water partition coefficient (Wildman–Crippen LogP) is 4.32. The number of piperidine rings is 1. The number of hydrogen-bond donors (Lipinski definition) is 2. The highest BCUT2D eigenvalue weighted by Gasteiger charge is 2.25. The van der Waals surface area contributed by atoms with Gasteiger partial charge in [0, 0.05) is 25.2 Å². The number of alkyl carbamates (subject to hydrolysis) is 1. The van der Waals surface area contributed by atoms with Crippen LogP contribution < -0.4 is 10.2 Å². The molecule has 1 unspecified atom stereocenters. The van der Waals surface area contributed by atoms with Crippen LogP contribution in [0.25, 0.3) is 0 Å². The molecule has 1 aromatic carbocycles. The Morgan fingerprint density at radius 2 is 1.82 bits per heavy atom. The fourth-order valence-electron chi connectivity index (χ4n) is 3.50. The van der Waals surface area contributed by atoms with E-state index in [-0.39, 0.29) is 6.42 Å². The number of benzene rings is 1. The lowest BCUT2D eigenvalue weighted by atomic mass is 9.94. The highest BCUT2D eigenvalue weighted by Crippen LogP contribution is 2.31. The van der Waals surface area contributed by atoms with Gasteiger partial charge in [-0.25, -0.2) is 9.59 Å². The first-order chi connectivity index (χ1) is 13.1. The van der Waals surface area contributed by atoms with Gasteiger partial charge in [-0.05, 0) is 63.1 Å². The van der Waals surface area contributed by atoms with Crippen LogP contribution in [0.3, 0.4) is 0 Å². The lowest BCUT2D eigenvalue weighted by Gasteiger charge is -2.32. The topological polar surface area (TPSA) is 78.9 Å². The van der Waals surface area contributed by atoms with E-state index in [0.29, 0.717) is 5.92 Å². The SMILES string of the molecule is CC(C)c1cc(CC(NC(=O)OC(C)(C)C)C(=O)O)ccc1N1CCCCC1. The van der Waals surface area contributed by atoms with Crippen molar-refractivity contribution in [2.24, 2.45) is 0 Å². The molecule has 1 aliphatic heterocycles. The van der Waals surface area contributed by atoms with Crippen LogP contribution in [0.2, 0.25) is 0 Å². The zero-order chi connectivity index (χ0) is 20.9. The summed E-state index contributed by atoms with van der Waals surface area (Å²) in [7, 11) is 0. The highest BCUT2D eigenvalue weighted by molar-refractivity contribution is 5.80. The molecule has 28 heavy (non-hydrogen) atoms. The molecule has 1 amide bonds. The Morgan fingerprint density at radius 3 is 2.36 bits per heavy atom. The quantitative estimate of drug-likeness (QED) is 0.756.